The number of para-hydroxylation sites is 1. The predicted octanol–water partition coefficient (Wildman–Crippen LogP) is 1.57. The van der Waals surface area contributed by atoms with E-state index in [1.54, 1.807) is 24.3 Å². The second-order valence-electron chi connectivity index (χ2n) is 3.18. The van der Waals surface area contributed by atoms with E-state index in [0.717, 1.165) is 0 Å². The molecular weight excluding hydrogens is 240 g/mol. The minimum atomic E-state index is -0.384. The number of rotatable bonds is 3. The van der Waals surface area contributed by atoms with Crippen LogP contribution in [0.1, 0.15) is 5.56 Å². The van der Waals surface area contributed by atoms with Gasteiger partial charge >= 0.3 is 6.03 Å². The summed E-state index contributed by atoms with van der Waals surface area (Å²) < 4.78 is 0. The van der Waals surface area contributed by atoms with E-state index in [1.165, 1.54) is 16.8 Å². The normalized spacial score (nSPS) is 9.88. The van der Waals surface area contributed by atoms with Crippen molar-refractivity contribution in [2.45, 2.75) is 6.54 Å². The van der Waals surface area contributed by atoms with Crippen LogP contribution in [0.4, 0.5) is 9.93 Å². The summed E-state index contributed by atoms with van der Waals surface area (Å²) in [6.45, 7) is 0.247. The molecule has 0 fully saturated rings. The van der Waals surface area contributed by atoms with Gasteiger partial charge in [0.15, 0.2) is 0 Å². The Morgan fingerprint density at radius 1 is 1.41 bits per heavy atom. The van der Waals surface area contributed by atoms with Gasteiger partial charge in [-0.05, 0) is 6.07 Å². The van der Waals surface area contributed by atoms with Gasteiger partial charge in [-0.25, -0.2) is 4.79 Å². The first-order valence-electron chi connectivity index (χ1n) is 4.83. The molecule has 0 unspecified atom stereocenters. The van der Waals surface area contributed by atoms with E-state index >= 15 is 0 Å². The van der Waals surface area contributed by atoms with Crippen LogP contribution >= 0.6 is 11.3 Å². The molecule has 0 aliphatic rings. The van der Waals surface area contributed by atoms with Crippen LogP contribution in [0.25, 0.3) is 0 Å². The third-order valence-corrected chi connectivity index (χ3v) is 2.62. The molecule has 88 valence electrons. The molecule has 2 aromatic rings. The van der Waals surface area contributed by atoms with E-state index in [0.29, 0.717) is 10.7 Å². The van der Waals surface area contributed by atoms with Crippen LogP contribution in [0.15, 0.2) is 29.8 Å². The largest absolute Gasteiger partial charge is 0.508 e. The molecule has 0 bridgehead atoms. The molecule has 1 aromatic carbocycles. The number of nitrogens with one attached hydrogen (secondary N) is 2. The first-order chi connectivity index (χ1) is 8.25. The van der Waals surface area contributed by atoms with Gasteiger partial charge in [0.25, 0.3) is 0 Å². The van der Waals surface area contributed by atoms with Crippen molar-refractivity contribution < 1.29 is 9.90 Å². The van der Waals surface area contributed by atoms with Crippen LogP contribution in [0.5, 0.6) is 5.75 Å². The summed E-state index contributed by atoms with van der Waals surface area (Å²) in [5, 5.41) is 22.3. The Hall–Kier alpha value is -2.15. The van der Waals surface area contributed by atoms with Gasteiger partial charge in [-0.3, -0.25) is 5.32 Å². The number of aromatic nitrogens is 2. The summed E-state index contributed by atoms with van der Waals surface area (Å²) in [6, 6.07) is 6.43. The number of anilines is 1. The standard InChI is InChI=1S/C10H10N4O2S/c15-8-4-2-1-3-7(8)5-11-9(16)13-10-14-12-6-17-10/h1-4,6,15H,5H2,(H2,11,13,14,16). The Morgan fingerprint density at radius 3 is 2.94 bits per heavy atom. The highest BCUT2D eigenvalue weighted by atomic mass is 32.1. The van der Waals surface area contributed by atoms with Crippen molar-refractivity contribution in [3.05, 3.63) is 35.3 Å². The number of amides is 2. The maximum Gasteiger partial charge on any atom is 0.321 e. The number of hydrogen-bond acceptors (Lipinski definition) is 5. The minimum absolute atomic E-state index is 0.156. The quantitative estimate of drug-likeness (QED) is 0.771. The summed E-state index contributed by atoms with van der Waals surface area (Å²) in [5.41, 5.74) is 2.18. The zero-order chi connectivity index (χ0) is 12.1. The van der Waals surface area contributed by atoms with Gasteiger partial charge in [0.05, 0.1) is 0 Å². The number of carbonyl (C=O) groups excluding carboxylic acids is 1. The molecule has 2 rings (SSSR count). The molecule has 0 saturated heterocycles. The van der Waals surface area contributed by atoms with E-state index in [9.17, 15) is 9.90 Å². The third-order valence-electron chi connectivity index (χ3n) is 2.01. The topological polar surface area (TPSA) is 87.1 Å². The lowest BCUT2D eigenvalue weighted by Crippen LogP contribution is -2.28. The molecule has 3 N–H and O–H groups in total. The predicted molar refractivity (Wildman–Crippen MR) is 63.9 cm³/mol. The van der Waals surface area contributed by atoms with Crippen molar-refractivity contribution in [3.63, 3.8) is 0 Å². The van der Waals surface area contributed by atoms with Crippen molar-refractivity contribution in [3.8, 4) is 5.75 Å². The second-order valence-corrected chi connectivity index (χ2v) is 4.01. The molecule has 0 atom stereocenters. The van der Waals surface area contributed by atoms with Crippen molar-refractivity contribution >= 4 is 22.5 Å². The molecule has 0 aliphatic carbocycles. The van der Waals surface area contributed by atoms with E-state index in [-0.39, 0.29) is 18.3 Å². The Kier molecular flexibility index (Phi) is 3.51. The first kappa shape index (κ1) is 11.3. The summed E-state index contributed by atoms with van der Waals surface area (Å²) in [6.07, 6.45) is 0. The van der Waals surface area contributed by atoms with Gasteiger partial charge in [0, 0.05) is 12.1 Å². The Morgan fingerprint density at radius 2 is 2.24 bits per heavy atom. The van der Waals surface area contributed by atoms with Crippen molar-refractivity contribution in [2.24, 2.45) is 0 Å². The summed E-state index contributed by atoms with van der Waals surface area (Å²) in [5.74, 6) is 0.156. The molecule has 0 aliphatic heterocycles. The fourth-order valence-electron chi connectivity index (χ4n) is 1.20. The third kappa shape index (κ3) is 3.15. The van der Waals surface area contributed by atoms with Crippen LogP contribution in [0.3, 0.4) is 0 Å². The molecule has 6 nitrogen and oxygen atoms in total. The first-order valence-corrected chi connectivity index (χ1v) is 5.71. The molecule has 1 aromatic heterocycles. The molecule has 2 amide bonds. The number of phenols is 1. The highest BCUT2D eigenvalue weighted by Gasteiger charge is 2.05. The smallest absolute Gasteiger partial charge is 0.321 e. The Labute approximate surface area is 101 Å². The van der Waals surface area contributed by atoms with Gasteiger partial charge in [-0.15, -0.1) is 10.2 Å². The van der Waals surface area contributed by atoms with Crippen LogP contribution < -0.4 is 10.6 Å². The molecule has 17 heavy (non-hydrogen) atoms. The van der Waals surface area contributed by atoms with E-state index in [2.05, 4.69) is 20.8 Å². The number of urea groups is 1. The lowest BCUT2D eigenvalue weighted by molar-refractivity contribution is 0.251. The van der Waals surface area contributed by atoms with Gasteiger partial charge in [-0.1, -0.05) is 29.5 Å². The number of phenolic OH excluding ortho intramolecular Hbond substituents is 1. The number of benzene rings is 1. The van der Waals surface area contributed by atoms with Gasteiger partial charge in [0.1, 0.15) is 11.3 Å². The highest BCUT2D eigenvalue weighted by Crippen LogP contribution is 2.15. The molecular formula is C10H10N4O2S. The Balaban J connectivity index is 1.86. The van der Waals surface area contributed by atoms with E-state index < -0.39 is 0 Å². The summed E-state index contributed by atoms with van der Waals surface area (Å²) >= 11 is 1.23. The lowest BCUT2D eigenvalue weighted by Gasteiger charge is -2.06. The van der Waals surface area contributed by atoms with Crippen LogP contribution in [-0.4, -0.2) is 21.3 Å². The molecule has 7 heteroatoms. The zero-order valence-electron chi connectivity index (χ0n) is 8.75. The average molecular weight is 250 g/mol. The zero-order valence-corrected chi connectivity index (χ0v) is 9.57. The van der Waals surface area contributed by atoms with Crippen molar-refractivity contribution in [1.29, 1.82) is 0 Å². The summed E-state index contributed by atoms with van der Waals surface area (Å²) in [4.78, 5) is 11.4. The fraction of sp³-hybridized carbons (Fsp3) is 0.100. The van der Waals surface area contributed by atoms with Crippen LogP contribution in [-0.2, 0) is 6.54 Å². The number of hydrogen-bond donors (Lipinski definition) is 3. The fourth-order valence-corrected chi connectivity index (χ4v) is 1.64. The number of aromatic hydroxyl groups is 1. The SMILES string of the molecule is O=C(NCc1ccccc1O)Nc1nncs1. The van der Waals surface area contributed by atoms with Crippen LogP contribution in [0.2, 0.25) is 0 Å². The molecule has 0 spiro atoms. The van der Waals surface area contributed by atoms with Crippen LogP contribution in [0, 0.1) is 0 Å². The number of carbonyl (C=O) groups is 1. The average Bonchev–Trinajstić information content (AvgIpc) is 2.81. The minimum Gasteiger partial charge on any atom is -0.508 e. The maximum atomic E-state index is 11.4. The lowest BCUT2D eigenvalue weighted by atomic mass is 10.2. The monoisotopic (exact) mass is 250 g/mol. The van der Waals surface area contributed by atoms with Crippen molar-refractivity contribution in [2.75, 3.05) is 5.32 Å². The summed E-state index contributed by atoms with van der Waals surface area (Å²) in [7, 11) is 0. The van der Waals surface area contributed by atoms with Gasteiger partial charge in [-0.2, -0.15) is 0 Å². The van der Waals surface area contributed by atoms with Gasteiger partial charge in [0.2, 0.25) is 5.13 Å². The highest BCUT2D eigenvalue weighted by molar-refractivity contribution is 7.13. The van der Waals surface area contributed by atoms with E-state index in [1.807, 2.05) is 0 Å². The van der Waals surface area contributed by atoms with Crippen molar-refractivity contribution in [1.82, 2.24) is 15.5 Å². The molecule has 0 radical (unpaired) electrons. The Bertz CT molecular complexity index is 501. The van der Waals surface area contributed by atoms with Gasteiger partial charge < -0.3 is 10.4 Å². The van der Waals surface area contributed by atoms with E-state index in [4.69, 9.17) is 0 Å². The number of nitrogens with zero attached hydrogens (tertiary/aromatic N) is 2. The second kappa shape index (κ2) is 5.26. The maximum absolute atomic E-state index is 11.4. The molecule has 1 heterocycles. The molecule has 0 saturated carbocycles.